The van der Waals surface area contributed by atoms with Gasteiger partial charge in [-0.1, -0.05) is 42.5 Å². The Morgan fingerprint density at radius 2 is 1.54 bits per heavy atom. The number of aryl methyl sites for hydroxylation is 1. The van der Waals surface area contributed by atoms with Crippen LogP contribution >= 0.6 is 0 Å². The van der Waals surface area contributed by atoms with Crippen molar-refractivity contribution in [3.8, 4) is 5.75 Å². The van der Waals surface area contributed by atoms with E-state index >= 15 is 0 Å². The summed E-state index contributed by atoms with van der Waals surface area (Å²) in [6.07, 6.45) is 0.974. The van der Waals surface area contributed by atoms with Crippen LogP contribution in [0, 0.1) is 0 Å². The summed E-state index contributed by atoms with van der Waals surface area (Å²) in [7, 11) is 0. The first-order valence-corrected chi connectivity index (χ1v) is 12.3. The molecule has 0 aliphatic carbocycles. The quantitative estimate of drug-likeness (QED) is 0.474. The Balaban J connectivity index is 1.23. The van der Waals surface area contributed by atoms with Gasteiger partial charge in [-0.2, -0.15) is 0 Å². The van der Waals surface area contributed by atoms with Crippen molar-refractivity contribution in [1.82, 2.24) is 4.90 Å². The van der Waals surface area contributed by atoms with Crippen molar-refractivity contribution in [1.29, 1.82) is 0 Å². The van der Waals surface area contributed by atoms with Crippen molar-refractivity contribution in [2.45, 2.75) is 32.3 Å². The fraction of sp³-hybridized carbons (Fsp3) is 0.241. The highest BCUT2D eigenvalue weighted by Crippen LogP contribution is 2.36. The molecule has 37 heavy (non-hydrogen) atoms. The Morgan fingerprint density at radius 1 is 0.865 bits per heavy atom. The van der Waals surface area contributed by atoms with Gasteiger partial charge in [0.25, 0.3) is 17.7 Å². The number of nitrogens with one attached hydrogen (secondary N) is 1. The van der Waals surface area contributed by atoms with Gasteiger partial charge in [-0.05, 0) is 55.7 Å². The van der Waals surface area contributed by atoms with Gasteiger partial charge in [-0.3, -0.25) is 24.1 Å². The number of ether oxygens (including phenoxy) is 1. The minimum atomic E-state index is -0.593. The lowest BCUT2D eigenvalue weighted by Gasteiger charge is -2.33. The average molecular weight is 498 g/mol. The van der Waals surface area contributed by atoms with E-state index < -0.39 is 17.9 Å². The summed E-state index contributed by atoms with van der Waals surface area (Å²) in [4.78, 5) is 53.5. The molecule has 1 atom stereocenters. The molecule has 0 fully saturated rings. The SMILES string of the molecule is CC1Oc2ccc(NC(=O)CCN3C(=O)c4ccccc4C3=O)cc2N(CCCc2ccccc2)C1=O. The molecule has 3 aromatic rings. The van der Waals surface area contributed by atoms with Crippen LogP contribution in [0.3, 0.4) is 0 Å². The second kappa shape index (κ2) is 10.3. The number of fused-ring (bicyclic) bond motifs is 2. The van der Waals surface area contributed by atoms with Gasteiger partial charge in [-0.15, -0.1) is 0 Å². The van der Waals surface area contributed by atoms with E-state index in [0.717, 1.165) is 17.7 Å². The van der Waals surface area contributed by atoms with Crippen LogP contribution in [0.4, 0.5) is 11.4 Å². The van der Waals surface area contributed by atoms with E-state index in [9.17, 15) is 19.2 Å². The third kappa shape index (κ3) is 4.95. The minimum absolute atomic E-state index is 0.0200. The van der Waals surface area contributed by atoms with Crippen LogP contribution in [0.25, 0.3) is 0 Å². The zero-order chi connectivity index (χ0) is 25.9. The summed E-state index contributed by atoms with van der Waals surface area (Å²) in [5, 5.41) is 2.81. The van der Waals surface area contributed by atoms with Gasteiger partial charge in [0.1, 0.15) is 5.75 Å². The first-order chi connectivity index (χ1) is 17.9. The molecule has 0 bridgehead atoms. The zero-order valence-corrected chi connectivity index (χ0v) is 20.5. The lowest BCUT2D eigenvalue weighted by molar-refractivity contribution is -0.125. The van der Waals surface area contributed by atoms with E-state index in [1.165, 1.54) is 5.56 Å². The van der Waals surface area contributed by atoms with Crippen LogP contribution in [-0.2, 0) is 16.0 Å². The van der Waals surface area contributed by atoms with Crippen LogP contribution in [0.2, 0.25) is 0 Å². The molecule has 188 valence electrons. The molecule has 2 aliphatic rings. The van der Waals surface area contributed by atoms with Gasteiger partial charge in [0, 0.05) is 25.2 Å². The van der Waals surface area contributed by atoms with Crippen LogP contribution in [-0.4, -0.2) is 47.7 Å². The summed E-state index contributed by atoms with van der Waals surface area (Å²) in [5.74, 6) is -0.676. The molecule has 0 spiro atoms. The highest BCUT2D eigenvalue weighted by atomic mass is 16.5. The van der Waals surface area contributed by atoms with Gasteiger partial charge in [0.15, 0.2) is 6.10 Å². The highest BCUT2D eigenvalue weighted by Gasteiger charge is 2.35. The summed E-state index contributed by atoms with van der Waals surface area (Å²) >= 11 is 0. The zero-order valence-electron chi connectivity index (χ0n) is 20.5. The molecule has 0 aromatic heterocycles. The number of rotatable bonds is 8. The maximum Gasteiger partial charge on any atom is 0.267 e. The average Bonchev–Trinajstić information content (AvgIpc) is 3.15. The Kier molecular flexibility index (Phi) is 6.72. The van der Waals surface area contributed by atoms with Crippen molar-refractivity contribution in [2.24, 2.45) is 0 Å². The molecule has 0 saturated heterocycles. The molecule has 8 nitrogen and oxygen atoms in total. The fourth-order valence-corrected chi connectivity index (χ4v) is 4.68. The molecular weight excluding hydrogens is 470 g/mol. The Labute approximate surface area is 214 Å². The third-order valence-corrected chi connectivity index (χ3v) is 6.58. The predicted octanol–water partition coefficient (Wildman–Crippen LogP) is 4.06. The second-order valence-electron chi connectivity index (χ2n) is 9.13. The Hall–Kier alpha value is -4.46. The van der Waals surface area contributed by atoms with E-state index in [1.54, 1.807) is 54.3 Å². The maximum atomic E-state index is 12.9. The smallest absolute Gasteiger partial charge is 0.267 e. The summed E-state index contributed by atoms with van der Waals surface area (Å²) in [6, 6.07) is 21.9. The monoisotopic (exact) mass is 497 g/mol. The molecule has 4 amide bonds. The number of hydrogen-bond acceptors (Lipinski definition) is 5. The van der Waals surface area contributed by atoms with Gasteiger partial charge in [-0.25, -0.2) is 0 Å². The van der Waals surface area contributed by atoms with Gasteiger partial charge >= 0.3 is 0 Å². The van der Waals surface area contributed by atoms with Crippen molar-refractivity contribution < 1.29 is 23.9 Å². The van der Waals surface area contributed by atoms with E-state index in [-0.39, 0.29) is 24.8 Å². The Morgan fingerprint density at radius 3 is 2.24 bits per heavy atom. The van der Waals surface area contributed by atoms with Gasteiger partial charge in [0.2, 0.25) is 5.91 Å². The number of anilines is 2. The lowest BCUT2D eigenvalue weighted by Crippen LogP contribution is -2.45. The highest BCUT2D eigenvalue weighted by molar-refractivity contribution is 6.21. The molecule has 5 rings (SSSR count). The standard InChI is InChI=1S/C29H27N3O5/c1-19-27(34)31(16-7-10-20-8-3-2-4-9-20)24-18-21(13-14-25(24)37-19)30-26(33)15-17-32-28(35)22-11-5-6-12-23(22)29(32)36/h2-6,8-9,11-14,18-19H,7,10,15-17H2,1H3,(H,30,33). The number of carbonyl (C=O) groups is 4. The van der Waals surface area contributed by atoms with Crippen LogP contribution in [0.15, 0.2) is 72.8 Å². The molecule has 8 heteroatoms. The van der Waals surface area contributed by atoms with E-state index in [2.05, 4.69) is 17.4 Å². The molecule has 1 unspecified atom stereocenters. The van der Waals surface area contributed by atoms with E-state index in [4.69, 9.17) is 4.74 Å². The first kappa shape index (κ1) is 24.2. The molecule has 2 heterocycles. The van der Waals surface area contributed by atoms with Crippen LogP contribution in [0.1, 0.15) is 46.0 Å². The van der Waals surface area contributed by atoms with Crippen molar-refractivity contribution >= 4 is 35.0 Å². The molecule has 0 saturated carbocycles. The second-order valence-corrected chi connectivity index (χ2v) is 9.13. The summed E-state index contributed by atoms with van der Waals surface area (Å²) in [6.45, 7) is 2.23. The van der Waals surface area contributed by atoms with Crippen molar-refractivity contribution in [2.75, 3.05) is 23.3 Å². The number of carbonyl (C=O) groups excluding carboxylic acids is 4. The number of imide groups is 1. The maximum absolute atomic E-state index is 12.9. The third-order valence-electron chi connectivity index (χ3n) is 6.58. The molecular formula is C29H27N3O5. The van der Waals surface area contributed by atoms with Crippen molar-refractivity contribution in [3.63, 3.8) is 0 Å². The number of hydrogen-bond donors (Lipinski definition) is 1. The molecule has 1 N–H and O–H groups in total. The largest absolute Gasteiger partial charge is 0.479 e. The molecule has 2 aliphatic heterocycles. The summed E-state index contributed by atoms with van der Waals surface area (Å²) in [5.41, 5.74) is 3.03. The fourth-order valence-electron chi connectivity index (χ4n) is 4.68. The number of amides is 4. The summed E-state index contributed by atoms with van der Waals surface area (Å²) < 4.78 is 5.78. The van der Waals surface area contributed by atoms with E-state index in [1.807, 2.05) is 18.2 Å². The Bertz CT molecular complexity index is 1340. The molecule has 3 aromatic carbocycles. The minimum Gasteiger partial charge on any atom is -0.479 e. The van der Waals surface area contributed by atoms with Crippen LogP contribution < -0.4 is 15.0 Å². The first-order valence-electron chi connectivity index (χ1n) is 12.3. The lowest BCUT2D eigenvalue weighted by atomic mass is 10.1. The van der Waals surface area contributed by atoms with Gasteiger partial charge in [0.05, 0.1) is 16.8 Å². The van der Waals surface area contributed by atoms with E-state index in [0.29, 0.717) is 34.8 Å². The molecule has 0 radical (unpaired) electrons. The topological polar surface area (TPSA) is 96.0 Å². The van der Waals surface area contributed by atoms with Gasteiger partial charge < -0.3 is 15.0 Å². The number of nitrogens with zero attached hydrogens (tertiary/aromatic N) is 2. The number of benzene rings is 3. The van der Waals surface area contributed by atoms with Crippen molar-refractivity contribution in [3.05, 3.63) is 89.5 Å². The normalized spacial score (nSPS) is 16.4. The predicted molar refractivity (Wildman–Crippen MR) is 139 cm³/mol. The van der Waals surface area contributed by atoms with Crippen LogP contribution in [0.5, 0.6) is 5.75 Å².